The average molecular weight is 368 g/mol. The van der Waals surface area contributed by atoms with E-state index in [1.165, 1.54) is 0 Å². The van der Waals surface area contributed by atoms with E-state index in [0.717, 1.165) is 17.4 Å². The molecule has 0 saturated carbocycles. The summed E-state index contributed by atoms with van der Waals surface area (Å²) < 4.78 is 43.0. The number of aryl methyl sites for hydroxylation is 1. The Morgan fingerprint density at radius 3 is 2.62 bits per heavy atom. The second-order valence-electron chi connectivity index (χ2n) is 6.73. The molecule has 7 heteroatoms. The van der Waals surface area contributed by atoms with Gasteiger partial charge < -0.3 is 14.6 Å². The van der Waals surface area contributed by atoms with E-state index in [0.29, 0.717) is 37.1 Å². The molecule has 0 amide bonds. The molecule has 142 valence electrons. The first-order valence-electron chi connectivity index (χ1n) is 8.96. The number of H-pyrrole nitrogens is 1. The van der Waals surface area contributed by atoms with Gasteiger partial charge in [0, 0.05) is 31.2 Å². The fourth-order valence-corrected chi connectivity index (χ4v) is 3.39. The number of aromatic amines is 1. The van der Waals surface area contributed by atoms with E-state index in [4.69, 9.17) is 4.74 Å². The Bertz CT molecular complexity index is 809. The summed E-state index contributed by atoms with van der Waals surface area (Å²) >= 11 is 0. The van der Waals surface area contributed by atoms with Gasteiger partial charge in [0.15, 0.2) is 0 Å². The minimum absolute atomic E-state index is 0.0124. The third kappa shape index (κ3) is 4.58. The molecule has 2 heterocycles. The number of aromatic nitrogens is 1. The number of hydrogen-bond donors (Lipinski definition) is 1. The van der Waals surface area contributed by atoms with Crippen LogP contribution in [0.15, 0.2) is 29.2 Å². The van der Waals surface area contributed by atoms with Gasteiger partial charge in [0.25, 0.3) is 5.56 Å². The Morgan fingerprint density at radius 1 is 1.23 bits per heavy atom. The number of hydrogen-bond acceptors (Lipinski definition) is 3. The Hall–Kier alpha value is -2.02. The van der Waals surface area contributed by atoms with Crippen LogP contribution in [0.4, 0.5) is 13.2 Å². The van der Waals surface area contributed by atoms with E-state index in [9.17, 15) is 18.0 Å². The number of halogens is 3. The summed E-state index contributed by atoms with van der Waals surface area (Å²) in [7, 11) is 0. The molecule has 1 saturated heterocycles. The number of likely N-dealkylation sites (tertiary alicyclic amines) is 1. The minimum atomic E-state index is -4.10. The molecule has 26 heavy (non-hydrogen) atoms. The summed E-state index contributed by atoms with van der Waals surface area (Å²) in [6.45, 7) is 3.29. The van der Waals surface area contributed by atoms with Crippen molar-refractivity contribution in [3.05, 3.63) is 40.3 Å². The fraction of sp³-hybridized carbons (Fsp3) is 0.526. The molecule has 4 nitrogen and oxygen atoms in total. The zero-order chi connectivity index (χ0) is 18.7. The molecule has 0 bridgehead atoms. The van der Waals surface area contributed by atoms with E-state index < -0.39 is 12.6 Å². The molecule has 1 aromatic heterocycles. The lowest BCUT2D eigenvalue weighted by atomic mass is 10.0. The second kappa shape index (κ2) is 7.70. The van der Waals surface area contributed by atoms with Gasteiger partial charge in [-0.1, -0.05) is 6.92 Å². The van der Waals surface area contributed by atoms with Crippen molar-refractivity contribution in [2.75, 3.05) is 19.6 Å². The molecule has 1 fully saturated rings. The maximum atomic E-state index is 12.3. The maximum Gasteiger partial charge on any atom is 0.390 e. The number of rotatable bonds is 5. The molecule has 0 unspecified atom stereocenters. The lowest BCUT2D eigenvalue weighted by Gasteiger charge is -2.32. The Labute approximate surface area is 150 Å². The number of fused-ring (bicyclic) bond motifs is 1. The molecule has 1 aromatic carbocycles. The molecule has 3 rings (SSSR count). The van der Waals surface area contributed by atoms with E-state index >= 15 is 0 Å². The average Bonchev–Trinajstić information content (AvgIpc) is 2.61. The smallest absolute Gasteiger partial charge is 0.390 e. The summed E-state index contributed by atoms with van der Waals surface area (Å²) in [5.41, 5.74) is 0.925. The van der Waals surface area contributed by atoms with E-state index in [2.05, 4.69) is 4.98 Å². The summed E-state index contributed by atoms with van der Waals surface area (Å²) in [5.74, 6) is 0.701. The lowest BCUT2D eigenvalue weighted by molar-refractivity contribution is -0.138. The largest absolute Gasteiger partial charge is 0.490 e. The molecule has 1 N–H and O–H groups in total. The predicted molar refractivity (Wildman–Crippen MR) is 94.7 cm³/mol. The van der Waals surface area contributed by atoms with Crippen LogP contribution in [0.5, 0.6) is 5.75 Å². The van der Waals surface area contributed by atoms with Crippen LogP contribution in [0.1, 0.15) is 31.7 Å². The topological polar surface area (TPSA) is 45.3 Å². The third-order valence-electron chi connectivity index (χ3n) is 4.89. The van der Waals surface area contributed by atoms with Gasteiger partial charge >= 0.3 is 6.18 Å². The van der Waals surface area contributed by atoms with Crippen LogP contribution in [0.25, 0.3) is 10.8 Å². The molecule has 0 spiro atoms. The SMILES string of the molecule is CCc1c[nH]c(=O)c2ccc(OC3CCN(CCC(F)(F)F)CC3)cc12. The monoisotopic (exact) mass is 368 g/mol. The molecule has 2 aromatic rings. The van der Waals surface area contributed by atoms with Crippen LogP contribution < -0.4 is 10.3 Å². The van der Waals surface area contributed by atoms with Crippen LogP contribution in [0, 0.1) is 0 Å². The number of alkyl halides is 3. The molecule has 0 radical (unpaired) electrons. The highest BCUT2D eigenvalue weighted by Crippen LogP contribution is 2.26. The van der Waals surface area contributed by atoms with Gasteiger partial charge in [0.2, 0.25) is 0 Å². The second-order valence-corrected chi connectivity index (χ2v) is 6.73. The Balaban J connectivity index is 1.63. The van der Waals surface area contributed by atoms with Gasteiger partial charge in [-0.25, -0.2) is 0 Å². The molecule has 1 aliphatic rings. The lowest BCUT2D eigenvalue weighted by Crippen LogP contribution is -2.39. The quantitative estimate of drug-likeness (QED) is 0.871. The van der Waals surface area contributed by atoms with Crippen molar-refractivity contribution in [1.82, 2.24) is 9.88 Å². The van der Waals surface area contributed by atoms with Crippen LogP contribution in [0.3, 0.4) is 0 Å². The maximum absolute atomic E-state index is 12.3. The highest BCUT2D eigenvalue weighted by molar-refractivity contribution is 5.85. The van der Waals surface area contributed by atoms with Crippen LogP contribution in [-0.2, 0) is 6.42 Å². The zero-order valence-corrected chi connectivity index (χ0v) is 14.7. The van der Waals surface area contributed by atoms with Crippen LogP contribution in [-0.4, -0.2) is 41.8 Å². The summed E-state index contributed by atoms with van der Waals surface area (Å²) in [5, 5.41) is 1.52. The number of pyridine rings is 1. The van der Waals surface area contributed by atoms with Crippen molar-refractivity contribution in [3.8, 4) is 5.75 Å². The fourth-order valence-electron chi connectivity index (χ4n) is 3.39. The van der Waals surface area contributed by atoms with Gasteiger partial charge in [-0.2, -0.15) is 13.2 Å². The van der Waals surface area contributed by atoms with Gasteiger partial charge in [-0.15, -0.1) is 0 Å². The number of nitrogens with one attached hydrogen (secondary N) is 1. The highest BCUT2D eigenvalue weighted by Gasteiger charge is 2.29. The van der Waals surface area contributed by atoms with E-state index in [1.807, 2.05) is 17.9 Å². The van der Waals surface area contributed by atoms with E-state index in [-0.39, 0.29) is 18.2 Å². The summed E-state index contributed by atoms with van der Waals surface area (Å²) in [6.07, 6.45) is -0.952. The van der Waals surface area contributed by atoms with Crippen LogP contribution in [0.2, 0.25) is 0 Å². The number of nitrogens with zero attached hydrogens (tertiary/aromatic N) is 1. The highest BCUT2D eigenvalue weighted by atomic mass is 19.4. The Kier molecular flexibility index (Phi) is 5.55. The first-order valence-corrected chi connectivity index (χ1v) is 8.96. The molecular weight excluding hydrogens is 345 g/mol. The van der Waals surface area contributed by atoms with Crippen molar-refractivity contribution in [2.45, 2.75) is 44.9 Å². The zero-order valence-electron chi connectivity index (χ0n) is 14.7. The summed E-state index contributed by atoms with van der Waals surface area (Å²) in [4.78, 5) is 16.5. The normalized spacial score (nSPS) is 16.9. The van der Waals surface area contributed by atoms with Crippen molar-refractivity contribution >= 4 is 10.8 Å². The van der Waals surface area contributed by atoms with Crippen molar-refractivity contribution in [3.63, 3.8) is 0 Å². The van der Waals surface area contributed by atoms with Crippen LogP contribution >= 0.6 is 0 Å². The van der Waals surface area contributed by atoms with Crippen molar-refractivity contribution < 1.29 is 17.9 Å². The number of ether oxygens (including phenoxy) is 1. The van der Waals surface area contributed by atoms with E-state index in [1.54, 1.807) is 18.3 Å². The molecule has 0 atom stereocenters. The predicted octanol–water partition coefficient (Wildman–Crippen LogP) is 3.89. The summed E-state index contributed by atoms with van der Waals surface area (Å²) in [6, 6.07) is 5.44. The van der Waals surface area contributed by atoms with Crippen molar-refractivity contribution in [1.29, 1.82) is 0 Å². The van der Waals surface area contributed by atoms with Gasteiger partial charge in [0.05, 0.1) is 6.42 Å². The first-order chi connectivity index (χ1) is 12.4. The molecular formula is C19H23F3N2O2. The minimum Gasteiger partial charge on any atom is -0.490 e. The van der Waals surface area contributed by atoms with Gasteiger partial charge in [-0.05, 0) is 48.4 Å². The van der Waals surface area contributed by atoms with Gasteiger partial charge in [0.1, 0.15) is 11.9 Å². The number of benzene rings is 1. The first kappa shape index (κ1) is 18.8. The van der Waals surface area contributed by atoms with Crippen molar-refractivity contribution in [2.24, 2.45) is 0 Å². The standard InChI is InChI=1S/C19H23F3N2O2/c1-2-13-12-23-18(25)16-4-3-15(11-17(13)16)26-14-5-8-24(9-6-14)10-7-19(20,21)22/h3-4,11-12,14H,2,5-10H2,1H3,(H,23,25). The van der Waals surface area contributed by atoms with Gasteiger partial charge in [-0.3, -0.25) is 4.79 Å². The third-order valence-corrected chi connectivity index (χ3v) is 4.89. The molecule has 1 aliphatic heterocycles. The Morgan fingerprint density at radius 2 is 1.96 bits per heavy atom. The number of piperidine rings is 1. The molecule has 0 aliphatic carbocycles.